The first-order valence-electron chi connectivity index (χ1n) is 10.6. The smallest absolute Gasteiger partial charge is 0.258 e. The number of ether oxygens (including phenoxy) is 2. The second kappa shape index (κ2) is 9.71. The van der Waals surface area contributed by atoms with Crippen LogP contribution in [0.5, 0.6) is 11.5 Å². The summed E-state index contributed by atoms with van der Waals surface area (Å²) < 4.78 is 13.0. The number of amides is 1. The molecule has 1 aliphatic rings. The standard InChI is InChI=1S/C25H29N3O3/c1-27-13-6-11-23(27)24(28-14-12-19-7-3-4-8-20(19)17-28)16-26-25(29)18-31-22-10-5-9-21(15-22)30-2/h3-11,13,15,24H,12,14,16-18H2,1-2H3,(H,26,29). The number of nitrogens with zero attached hydrogens (tertiary/aromatic N) is 2. The quantitative estimate of drug-likeness (QED) is 0.609. The second-order valence-corrected chi connectivity index (χ2v) is 7.82. The summed E-state index contributed by atoms with van der Waals surface area (Å²) in [5.74, 6) is 1.17. The second-order valence-electron chi connectivity index (χ2n) is 7.82. The maximum Gasteiger partial charge on any atom is 0.258 e. The molecule has 1 N–H and O–H groups in total. The Morgan fingerprint density at radius 2 is 1.87 bits per heavy atom. The van der Waals surface area contributed by atoms with Gasteiger partial charge in [-0.1, -0.05) is 30.3 Å². The van der Waals surface area contributed by atoms with Crippen LogP contribution >= 0.6 is 0 Å². The van der Waals surface area contributed by atoms with E-state index < -0.39 is 0 Å². The van der Waals surface area contributed by atoms with Crippen molar-refractivity contribution in [1.29, 1.82) is 0 Å². The Morgan fingerprint density at radius 3 is 2.65 bits per heavy atom. The molecule has 0 saturated carbocycles. The van der Waals surface area contributed by atoms with E-state index in [0.29, 0.717) is 18.0 Å². The van der Waals surface area contributed by atoms with Crippen LogP contribution in [0, 0.1) is 0 Å². The van der Waals surface area contributed by atoms with Crippen LogP contribution in [0.2, 0.25) is 0 Å². The Hall–Kier alpha value is -3.25. The van der Waals surface area contributed by atoms with Gasteiger partial charge in [0, 0.05) is 44.6 Å². The summed E-state index contributed by atoms with van der Waals surface area (Å²) in [5, 5.41) is 3.07. The molecule has 162 valence electrons. The fourth-order valence-electron chi connectivity index (χ4n) is 4.13. The Kier molecular flexibility index (Phi) is 6.57. The van der Waals surface area contributed by atoms with E-state index in [1.807, 2.05) is 37.5 Å². The van der Waals surface area contributed by atoms with Gasteiger partial charge in [-0.15, -0.1) is 0 Å². The summed E-state index contributed by atoms with van der Waals surface area (Å²) in [6.07, 6.45) is 3.07. The molecule has 0 radical (unpaired) electrons. The molecule has 1 aromatic heterocycles. The highest BCUT2D eigenvalue weighted by atomic mass is 16.5. The Balaban J connectivity index is 1.40. The van der Waals surface area contributed by atoms with E-state index in [4.69, 9.17) is 9.47 Å². The number of rotatable bonds is 8. The first-order valence-corrected chi connectivity index (χ1v) is 10.6. The lowest BCUT2D eigenvalue weighted by molar-refractivity contribution is -0.123. The zero-order valence-corrected chi connectivity index (χ0v) is 18.1. The molecule has 0 fully saturated rings. The highest BCUT2D eigenvalue weighted by Crippen LogP contribution is 2.27. The van der Waals surface area contributed by atoms with Crippen LogP contribution in [0.3, 0.4) is 0 Å². The van der Waals surface area contributed by atoms with Gasteiger partial charge in [0.25, 0.3) is 5.91 Å². The number of methoxy groups -OCH3 is 1. The van der Waals surface area contributed by atoms with Crippen molar-refractivity contribution in [3.05, 3.63) is 83.7 Å². The van der Waals surface area contributed by atoms with Crippen LogP contribution in [0.15, 0.2) is 66.9 Å². The van der Waals surface area contributed by atoms with Gasteiger partial charge in [-0.05, 0) is 41.8 Å². The third kappa shape index (κ3) is 5.09. The Bertz CT molecular complexity index is 1030. The van der Waals surface area contributed by atoms with Crippen molar-refractivity contribution < 1.29 is 14.3 Å². The number of carbonyl (C=O) groups excluding carboxylic acids is 1. The van der Waals surface area contributed by atoms with Gasteiger partial charge >= 0.3 is 0 Å². The minimum atomic E-state index is -0.139. The van der Waals surface area contributed by atoms with Crippen LogP contribution in [-0.2, 0) is 24.8 Å². The summed E-state index contributed by atoms with van der Waals surface area (Å²) in [4.78, 5) is 15.0. The molecule has 0 saturated heterocycles. The highest BCUT2D eigenvalue weighted by molar-refractivity contribution is 5.77. The number of hydrogen-bond donors (Lipinski definition) is 1. The SMILES string of the molecule is COc1cccc(OCC(=O)NCC(c2cccn2C)N2CCc3ccccc3C2)c1. The molecular formula is C25H29N3O3. The zero-order valence-electron chi connectivity index (χ0n) is 18.1. The molecule has 1 unspecified atom stereocenters. The van der Waals surface area contributed by atoms with Gasteiger partial charge in [0.1, 0.15) is 11.5 Å². The molecule has 2 aromatic carbocycles. The summed E-state index contributed by atoms with van der Waals surface area (Å²) in [7, 11) is 3.66. The van der Waals surface area contributed by atoms with Crippen LogP contribution in [0.25, 0.3) is 0 Å². The number of hydrogen-bond acceptors (Lipinski definition) is 4. The molecule has 1 aliphatic heterocycles. The Morgan fingerprint density at radius 1 is 1.06 bits per heavy atom. The third-order valence-electron chi connectivity index (χ3n) is 5.83. The fraction of sp³-hybridized carbons (Fsp3) is 0.320. The molecule has 3 aromatic rings. The van der Waals surface area contributed by atoms with Gasteiger partial charge in [0.05, 0.1) is 13.2 Å². The molecule has 4 rings (SSSR count). The minimum absolute atomic E-state index is 0.0319. The van der Waals surface area contributed by atoms with Gasteiger partial charge in [-0.25, -0.2) is 0 Å². The molecule has 2 heterocycles. The normalized spacial score (nSPS) is 14.5. The fourth-order valence-corrected chi connectivity index (χ4v) is 4.13. The van der Waals surface area contributed by atoms with E-state index in [9.17, 15) is 4.79 Å². The molecule has 1 atom stereocenters. The van der Waals surface area contributed by atoms with Gasteiger partial charge in [-0.3, -0.25) is 9.69 Å². The molecule has 6 nitrogen and oxygen atoms in total. The maximum absolute atomic E-state index is 12.5. The predicted molar refractivity (Wildman–Crippen MR) is 120 cm³/mol. The van der Waals surface area contributed by atoms with E-state index >= 15 is 0 Å². The van der Waals surface area contributed by atoms with Crippen molar-refractivity contribution >= 4 is 5.91 Å². The van der Waals surface area contributed by atoms with Crippen LogP contribution < -0.4 is 14.8 Å². The van der Waals surface area contributed by atoms with Crippen molar-refractivity contribution in [2.24, 2.45) is 7.05 Å². The van der Waals surface area contributed by atoms with Gasteiger partial charge in [0.15, 0.2) is 6.61 Å². The lowest BCUT2D eigenvalue weighted by atomic mass is 9.98. The molecule has 0 aliphatic carbocycles. The monoisotopic (exact) mass is 419 g/mol. The molecule has 6 heteroatoms. The molecule has 0 bridgehead atoms. The summed E-state index contributed by atoms with van der Waals surface area (Å²) in [5.41, 5.74) is 3.97. The van der Waals surface area contributed by atoms with Crippen molar-refractivity contribution in [3.63, 3.8) is 0 Å². The largest absolute Gasteiger partial charge is 0.497 e. The average Bonchev–Trinajstić information content (AvgIpc) is 3.23. The average molecular weight is 420 g/mol. The lowest BCUT2D eigenvalue weighted by Crippen LogP contribution is -2.42. The Labute approximate surface area is 183 Å². The third-order valence-corrected chi connectivity index (χ3v) is 5.83. The first-order chi connectivity index (χ1) is 15.1. The maximum atomic E-state index is 12.5. The number of nitrogens with one attached hydrogen (secondary N) is 1. The number of fused-ring (bicyclic) bond motifs is 1. The van der Waals surface area contributed by atoms with Gasteiger partial charge in [-0.2, -0.15) is 0 Å². The topological polar surface area (TPSA) is 55.7 Å². The molecule has 1 amide bonds. The van der Waals surface area contributed by atoms with Crippen molar-refractivity contribution in [2.45, 2.75) is 19.0 Å². The van der Waals surface area contributed by atoms with Crippen LogP contribution in [-0.4, -0.2) is 42.2 Å². The van der Waals surface area contributed by atoms with E-state index in [-0.39, 0.29) is 18.6 Å². The van der Waals surface area contributed by atoms with Crippen LogP contribution in [0.1, 0.15) is 22.9 Å². The van der Waals surface area contributed by atoms with Crippen molar-refractivity contribution in [3.8, 4) is 11.5 Å². The van der Waals surface area contributed by atoms with E-state index in [1.165, 1.54) is 16.8 Å². The minimum Gasteiger partial charge on any atom is -0.497 e. The van der Waals surface area contributed by atoms with E-state index in [1.54, 1.807) is 13.2 Å². The highest BCUT2D eigenvalue weighted by Gasteiger charge is 2.26. The summed E-state index contributed by atoms with van der Waals surface area (Å²) in [6, 6.07) is 20.1. The number of benzene rings is 2. The predicted octanol–water partition coefficient (Wildman–Crippen LogP) is 3.33. The number of carbonyl (C=O) groups is 1. The summed E-state index contributed by atoms with van der Waals surface area (Å²) >= 11 is 0. The number of aryl methyl sites for hydroxylation is 1. The molecule has 31 heavy (non-hydrogen) atoms. The lowest BCUT2D eigenvalue weighted by Gasteiger charge is -2.36. The van der Waals surface area contributed by atoms with E-state index in [2.05, 4.69) is 45.1 Å². The van der Waals surface area contributed by atoms with Crippen molar-refractivity contribution in [1.82, 2.24) is 14.8 Å². The van der Waals surface area contributed by atoms with Crippen molar-refractivity contribution in [2.75, 3.05) is 26.8 Å². The number of aromatic nitrogens is 1. The zero-order chi connectivity index (χ0) is 21.6. The van der Waals surface area contributed by atoms with E-state index in [0.717, 1.165) is 19.5 Å². The van der Waals surface area contributed by atoms with Crippen LogP contribution in [0.4, 0.5) is 0 Å². The van der Waals surface area contributed by atoms with Gasteiger partial charge in [0.2, 0.25) is 0 Å². The first kappa shape index (κ1) is 21.0. The van der Waals surface area contributed by atoms with Gasteiger partial charge < -0.3 is 19.4 Å². The molecular weight excluding hydrogens is 390 g/mol. The molecule has 0 spiro atoms. The summed E-state index contributed by atoms with van der Waals surface area (Å²) in [6.45, 7) is 2.33.